The lowest BCUT2D eigenvalue weighted by atomic mass is 9.99. The van der Waals surface area contributed by atoms with Crippen LogP contribution in [0.15, 0.2) is 51.7 Å². The first kappa shape index (κ1) is 20.5. The number of carbonyl (C=O) groups excluding carboxylic acids is 1. The fourth-order valence-corrected chi connectivity index (χ4v) is 3.90. The van der Waals surface area contributed by atoms with E-state index in [0.29, 0.717) is 10.6 Å². The summed E-state index contributed by atoms with van der Waals surface area (Å²) in [6.45, 7) is 0. The lowest BCUT2D eigenvalue weighted by Gasteiger charge is -2.21. The van der Waals surface area contributed by atoms with E-state index in [2.05, 4.69) is 10.1 Å². The summed E-state index contributed by atoms with van der Waals surface area (Å²) in [4.78, 5) is 30.9. The molecule has 12 heteroatoms. The van der Waals surface area contributed by atoms with E-state index in [0.717, 1.165) is 4.90 Å². The summed E-state index contributed by atoms with van der Waals surface area (Å²) in [5.74, 6) is -3.12. The third-order valence-corrected chi connectivity index (χ3v) is 5.46. The highest BCUT2D eigenvalue weighted by atomic mass is 35.5. The van der Waals surface area contributed by atoms with Gasteiger partial charge in [0.2, 0.25) is 11.6 Å². The average molecular weight is 481 g/mol. The van der Waals surface area contributed by atoms with Crippen LogP contribution in [0.4, 0.5) is 19.1 Å². The monoisotopic (exact) mass is 480 g/mol. The van der Waals surface area contributed by atoms with Crippen molar-refractivity contribution in [3.05, 3.63) is 85.4 Å². The summed E-state index contributed by atoms with van der Waals surface area (Å²) in [5, 5.41) is 6.13. The van der Waals surface area contributed by atoms with E-state index in [1.54, 1.807) is 17.2 Å². The van der Waals surface area contributed by atoms with Gasteiger partial charge in [-0.1, -0.05) is 35.3 Å². The van der Waals surface area contributed by atoms with Crippen molar-refractivity contribution >= 4 is 46.0 Å². The first-order valence-corrected chi connectivity index (χ1v) is 9.75. The van der Waals surface area contributed by atoms with Crippen LogP contribution in [0.2, 0.25) is 10.0 Å². The Bertz CT molecular complexity index is 1450. The summed E-state index contributed by atoms with van der Waals surface area (Å²) in [7, 11) is 0. The van der Waals surface area contributed by atoms with Crippen LogP contribution in [-0.2, 0) is 6.18 Å². The van der Waals surface area contributed by atoms with Gasteiger partial charge in [-0.2, -0.15) is 18.2 Å². The van der Waals surface area contributed by atoms with Gasteiger partial charge in [-0.25, -0.2) is 0 Å². The number of aromatic nitrogens is 3. The van der Waals surface area contributed by atoms with Gasteiger partial charge in [-0.15, -0.1) is 5.10 Å². The highest BCUT2D eigenvalue weighted by Gasteiger charge is 2.46. The minimum atomic E-state index is -4.81. The Morgan fingerprint density at radius 1 is 1.03 bits per heavy atom. The van der Waals surface area contributed by atoms with Gasteiger partial charge in [0.1, 0.15) is 5.58 Å². The number of nitrogens with one attached hydrogen (secondary N) is 1. The molecule has 1 aliphatic heterocycles. The maximum Gasteiger partial charge on any atom is 0.451 e. The summed E-state index contributed by atoms with van der Waals surface area (Å²) >= 11 is 12.0. The summed E-state index contributed by atoms with van der Waals surface area (Å²) in [6.07, 6.45) is -4.81. The fraction of sp³-hybridized carbons (Fsp3) is 0.100. The van der Waals surface area contributed by atoms with Crippen molar-refractivity contribution < 1.29 is 22.4 Å². The van der Waals surface area contributed by atoms with Gasteiger partial charge in [0.25, 0.3) is 11.9 Å². The summed E-state index contributed by atoms with van der Waals surface area (Å²) in [5.41, 5.74) is -0.112. The predicted molar refractivity (Wildman–Crippen MR) is 109 cm³/mol. The molecular formula is C20H9Cl2F3N4O3. The maximum absolute atomic E-state index is 13.4. The van der Waals surface area contributed by atoms with Gasteiger partial charge in [-0.3, -0.25) is 19.6 Å². The van der Waals surface area contributed by atoms with E-state index in [1.807, 2.05) is 0 Å². The van der Waals surface area contributed by atoms with Crippen LogP contribution in [0, 0.1) is 0 Å². The molecule has 0 radical (unpaired) electrons. The Morgan fingerprint density at radius 3 is 2.38 bits per heavy atom. The molecule has 0 saturated heterocycles. The topological polar surface area (TPSA) is 92.1 Å². The summed E-state index contributed by atoms with van der Waals surface area (Å²) in [6, 6.07) is 9.30. The molecule has 0 fully saturated rings. The molecule has 0 saturated carbocycles. The number of nitrogens with zero attached hydrogens (tertiary/aromatic N) is 3. The lowest BCUT2D eigenvalue weighted by molar-refractivity contribution is -0.144. The molecule has 32 heavy (non-hydrogen) atoms. The lowest BCUT2D eigenvalue weighted by Crippen LogP contribution is -2.30. The number of hydrogen-bond donors (Lipinski definition) is 1. The first-order chi connectivity index (χ1) is 15.1. The first-order valence-electron chi connectivity index (χ1n) is 9.00. The largest absolute Gasteiger partial charge is 0.451 e. The number of rotatable bonds is 2. The number of aromatic amines is 1. The SMILES string of the molecule is O=C1c2oc3ccc(Cl)cc3c(=O)c2[C@@H](c2ccc(Cl)cc2)N1c1n[nH]c(C(F)(F)F)n1. The van der Waals surface area contributed by atoms with Crippen molar-refractivity contribution in [3.8, 4) is 0 Å². The third-order valence-electron chi connectivity index (χ3n) is 4.98. The van der Waals surface area contributed by atoms with E-state index < -0.39 is 35.3 Å². The number of benzene rings is 2. The second kappa shape index (κ2) is 7.07. The molecule has 1 N–H and O–H groups in total. The zero-order valence-corrected chi connectivity index (χ0v) is 17.1. The van der Waals surface area contributed by atoms with Crippen LogP contribution < -0.4 is 10.3 Å². The predicted octanol–water partition coefficient (Wildman–Crippen LogP) is 4.99. The van der Waals surface area contributed by atoms with Crippen LogP contribution in [-0.4, -0.2) is 21.1 Å². The Labute approximate surface area is 186 Å². The van der Waals surface area contributed by atoms with Gasteiger partial charge in [0, 0.05) is 10.0 Å². The number of halogens is 5. The van der Waals surface area contributed by atoms with Crippen molar-refractivity contribution in [1.29, 1.82) is 0 Å². The fourth-order valence-electron chi connectivity index (χ4n) is 3.60. The van der Waals surface area contributed by atoms with Crippen molar-refractivity contribution in [2.24, 2.45) is 0 Å². The zero-order chi connectivity index (χ0) is 22.8. The number of H-pyrrole nitrogens is 1. The van der Waals surface area contributed by atoms with Gasteiger partial charge >= 0.3 is 6.18 Å². The molecule has 0 unspecified atom stereocenters. The molecule has 2 aromatic carbocycles. The molecule has 1 atom stereocenters. The number of anilines is 1. The molecule has 4 aromatic rings. The Balaban J connectivity index is 1.78. The Kier molecular flexibility index (Phi) is 4.54. The second-order valence-electron chi connectivity index (χ2n) is 6.93. The highest BCUT2D eigenvalue weighted by Crippen LogP contribution is 2.41. The molecule has 5 rings (SSSR count). The molecule has 1 amide bonds. The van der Waals surface area contributed by atoms with Crippen molar-refractivity contribution in [2.45, 2.75) is 12.2 Å². The molecule has 2 aromatic heterocycles. The van der Waals surface area contributed by atoms with E-state index >= 15 is 0 Å². The van der Waals surface area contributed by atoms with Gasteiger partial charge in [-0.05, 0) is 35.9 Å². The van der Waals surface area contributed by atoms with Crippen LogP contribution in [0.3, 0.4) is 0 Å². The maximum atomic E-state index is 13.4. The number of carbonyl (C=O) groups is 1. The van der Waals surface area contributed by atoms with Crippen LogP contribution in [0.5, 0.6) is 0 Å². The number of hydrogen-bond acceptors (Lipinski definition) is 5. The molecule has 0 spiro atoms. The Morgan fingerprint density at radius 2 is 1.72 bits per heavy atom. The molecule has 0 bridgehead atoms. The molecule has 0 aliphatic carbocycles. The Hall–Kier alpha value is -3.37. The van der Waals surface area contributed by atoms with Gasteiger partial charge in [0.05, 0.1) is 17.0 Å². The van der Waals surface area contributed by atoms with Crippen LogP contribution in [0.25, 0.3) is 11.0 Å². The number of amides is 1. The average Bonchev–Trinajstić information content (AvgIpc) is 3.33. The number of fused-ring (bicyclic) bond motifs is 2. The molecule has 162 valence electrons. The highest BCUT2D eigenvalue weighted by molar-refractivity contribution is 6.31. The van der Waals surface area contributed by atoms with Crippen LogP contribution in [0.1, 0.15) is 33.5 Å². The standard InChI is InChI=1S/C20H9Cl2F3N4O3/c21-9-3-1-8(2-4-9)14-13-15(30)11-7-10(22)5-6-12(11)32-16(13)17(31)29(14)19-26-18(27-28-19)20(23,24)25/h1-7,14H,(H,26,27,28)/t14-/m1/s1. The molecular weight excluding hydrogens is 472 g/mol. The molecule has 7 nitrogen and oxygen atoms in total. The second-order valence-corrected chi connectivity index (χ2v) is 7.80. The van der Waals surface area contributed by atoms with Gasteiger partial charge in [0.15, 0.2) is 5.43 Å². The van der Waals surface area contributed by atoms with Crippen molar-refractivity contribution in [3.63, 3.8) is 0 Å². The van der Waals surface area contributed by atoms with Crippen molar-refractivity contribution in [2.75, 3.05) is 4.90 Å². The molecule has 3 heterocycles. The normalized spacial score (nSPS) is 16.1. The van der Waals surface area contributed by atoms with E-state index in [4.69, 9.17) is 27.6 Å². The van der Waals surface area contributed by atoms with Crippen molar-refractivity contribution in [1.82, 2.24) is 15.2 Å². The van der Waals surface area contributed by atoms with Crippen LogP contribution >= 0.6 is 23.2 Å². The zero-order valence-electron chi connectivity index (χ0n) is 15.6. The van der Waals surface area contributed by atoms with Gasteiger partial charge < -0.3 is 4.42 Å². The van der Waals surface area contributed by atoms with E-state index in [1.165, 1.54) is 30.3 Å². The quantitative estimate of drug-likeness (QED) is 0.436. The minimum Gasteiger partial charge on any atom is -0.450 e. The third kappa shape index (κ3) is 3.14. The molecule has 1 aliphatic rings. The smallest absolute Gasteiger partial charge is 0.450 e. The van der Waals surface area contributed by atoms with E-state index in [9.17, 15) is 22.8 Å². The van der Waals surface area contributed by atoms with E-state index in [-0.39, 0.29) is 27.3 Å². The minimum absolute atomic E-state index is 0.0644. The number of alkyl halides is 3. The summed E-state index contributed by atoms with van der Waals surface area (Å²) < 4.78 is 44.9.